The first-order valence-corrected chi connectivity index (χ1v) is 4.66. The highest BCUT2D eigenvalue weighted by atomic mass is 16.1. The van der Waals surface area contributed by atoms with Crippen molar-refractivity contribution < 1.29 is 4.79 Å². The molecule has 0 aromatic rings. The van der Waals surface area contributed by atoms with Crippen molar-refractivity contribution in [1.29, 1.82) is 0 Å². The molecule has 0 amide bonds. The van der Waals surface area contributed by atoms with Gasteiger partial charge in [-0.2, -0.15) is 0 Å². The monoisotopic (exact) mass is 200 g/mol. The molecule has 0 aliphatic heterocycles. The minimum absolute atomic E-state index is 0.0806. The Kier molecular flexibility index (Phi) is 6.56. The van der Waals surface area contributed by atoms with Gasteiger partial charge in [0, 0.05) is 11.1 Å². The van der Waals surface area contributed by atoms with E-state index >= 15 is 0 Å². The summed E-state index contributed by atoms with van der Waals surface area (Å²) in [6.45, 7) is 12.6. The molecule has 0 N–H and O–H groups in total. The number of Topliss-reactive ketones (excluding diaryl/α,β-unsaturated/α-hetero) is 1. The number of allylic oxidation sites excluding steroid dienone is 9. The van der Waals surface area contributed by atoms with Crippen molar-refractivity contribution in [3.05, 3.63) is 73.4 Å². The number of carbonyl (C=O) groups is 1. The zero-order valence-corrected chi connectivity index (χ0v) is 9.07. The van der Waals surface area contributed by atoms with E-state index in [4.69, 9.17) is 0 Å². The Morgan fingerprint density at radius 2 is 1.53 bits per heavy atom. The number of hydrogen-bond acceptors (Lipinski definition) is 1. The summed E-state index contributed by atoms with van der Waals surface area (Å²) in [5.41, 5.74) is 1.11. The van der Waals surface area contributed by atoms with Crippen LogP contribution < -0.4 is 0 Å². The first-order chi connectivity index (χ1) is 7.21. The van der Waals surface area contributed by atoms with Gasteiger partial charge in [-0.1, -0.05) is 62.3 Å². The molecule has 0 atom stereocenters. The highest BCUT2D eigenvalue weighted by Gasteiger charge is 2.08. The summed E-state index contributed by atoms with van der Waals surface area (Å²) < 4.78 is 0. The Morgan fingerprint density at radius 1 is 1.00 bits per heavy atom. The van der Waals surface area contributed by atoms with Gasteiger partial charge in [-0.25, -0.2) is 0 Å². The molecule has 0 saturated heterocycles. The number of hydrogen-bond donors (Lipinski definition) is 0. The molecule has 0 fully saturated rings. The van der Waals surface area contributed by atoms with E-state index in [1.807, 2.05) is 13.0 Å². The quantitative estimate of drug-likeness (QED) is 0.473. The van der Waals surface area contributed by atoms with Gasteiger partial charge in [-0.3, -0.25) is 4.79 Å². The van der Waals surface area contributed by atoms with Crippen LogP contribution >= 0.6 is 0 Å². The first-order valence-electron chi connectivity index (χ1n) is 4.66. The summed E-state index contributed by atoms with van der Waals surface area (Å²) >= 11 is 0. The minimum Gasteiger partial charge on any atom is -0.289 e. The van der Waals surface area contributed by atoms with Gasteiger partial charge in [0.1, 0.15) is 0 Å². The molecule has 0 aliphatic rings. The third kappa shape index (κ3) is 4.23. The highest BCUT2D eigenvalue weighted by Crippen LogP contribution is 2.09. The Hall–Kier alpha value is -1.89. The summed E-state index contributed by atoms with van der Waals surface area (Å²) in [5, 5.41) is 0. The van der Waals surface area contributed by atoms with Gasteiger partial charge in [-0.05, 0) is 6.92 Å². The van der Waals surface area contributed by atoms with Crippen LogP contribution in [-0.4, -0.2) is 5.78 Å². The van der Waals surface area contributed by atoms with Gasteiger partial charge in [0.25, 0.3) is 0 Å². The lowest BCUT2D eigenvalue weighted by atomic mass is 10.0. The Labute approximate surface area is 91.5 Å². The van der Waals surface area contributed by atoms with Crippen molar-refractivity contribution in [2.24, 2.45) is 0 Å². The molecule has 0 unspecified atom stereocenters. The average Bonchev–Trinajstić information content (AvgIpc) is 2.24. The fraction of sp³-hybridized carbons (Fsp3) is 0.0714. The molecule has 0 spiro atoms. The molecule has 0 heterocycles. The van der Waals surface area contributed by atoms with Gasteiger partial charge in [0.15, 0.2) is 5.78 Å². The molecule has 0 bridgehead atoms. The summed E-state index contributed by atoms with van der Waals surface area (Å²) in [6, 6.07) is 0. The van der Waals surface area contributed by atoms with Crippen LogP contribution in [0.2, 0.25) is 0 Å². The van der Waals surface area contributed by atoms with Crippen LogP contribution in [0.4, 0.5) is 0 Å². The first kappa shape index (κ1) is 13.1. The maximum absolute atomic E-state index is 11.9. The van der Waals surface area contributed by atoms with E-state index in [1.54, 1.807) is 30.4 Å². The Balaban J connectivity index is 5.17. The maximum Gasteiger partial charge on any atom is 0.192 e. The van der Waals surface area contributed by atoms with Crippen LogP contribution in [0.3, 0.4) is 0 Å². The van der Waals surface area contributed by atoms with E-state index in [2.05, 4.69) is 19.7 Å². The summed E-state index contributed by atoms with van der Waals surface area (Å²) in [7, 11) is 0. The molecule has 0 rings (SSSR count). The van der Waals surface area contributed by atoms with E-state index in [9.17, 15) is 4.79 Å². The van der Waals surface area contributed by atoms with Gasteiger partial charge >= 0.3 is 0 Å². The third-order valence-electron chi connectivity index (χ3n) is 1.69. The molecule has 0 saturated carbocycles. The van der Waals surface area contributed by atoms with Gasteiger partial charge in [0.05, 0.1) is 0 Å². The predicted octanol–water partition coefficient (Wildman–Crippen LogP) is 3.54. The summed E-state index contributed by atoms with van der Waals surface area (Å²) in [4.78, 5) is 11.9. The fourth-order valence-electron chi connectivity index (χ4n) is 1.04. The number of carbonyl (C=O) groups excluding carboxylic acids is 1. The van der Waals surface area contributed by atoms with Crippen LogP contribution in [-0.2, 0) is 4.79 Å². The topological polar surface area (TPSA) is 17.1 Å². The van der Waals surface area contributed by atoms with Crippen LogP contribution in [0, 0.1) is 0 Å². The maximum atomic E-state index is 11.9. The second-order valence-electron chi connectivity index (χ2n) is 2.75. The highest BCUT2D eigenvalue weighted by molar-refractivity contribution is 6.12. The zero-order chi connectivity index (χ0) is 11.7. The lowest BCUT2D eigenvalue weighted by Gasteiger charge is -2.00. The van der Waals surface area contributed by atoms with Gasteiger partial charge in [-0.15, -0.1) is 0 Å². The molecule has 15 heavy (non-hydrogen) atoms. The van der Waals surface area contributed by atoms with Crippen LogP contribution in [0.1, 0.15) is 6.92 Å². The average molecular weight is 200 g/mol. The largest absolute Gasteiger partial charge is 0.289 e. The van der Waals surface area contributed by atoms with E-state index in [1.165, 1.54) is 6.08 Å². The SMILES string of the molecule is C=CC=C(C=C)C(=O)C(=CC=C)/C=C\C. The molecular formula is C14H16O. The zero-order valence-electron chi connectivity index (χ0n) is 9.07. The van der Waals surface area contributed by atoms with Crippen molar-refractivity contribution in [3.63, 3.8) is 0 Å². The lowest BCUT2D eigenvalue weighted by Crippen LogP contribution is -2.02. The Bertz CT molecular complexity index is 352. The predicted molar refractivity (Wildman–Crippen MR) is 66.6 cm³/mol. The molecule has 0 aliphatic carbocycles. The Morgan fingerprint density at radius 3 is 1.93 bits per heavy atom. The lowest BCUT2D eigenvalue weighted by molar-refractivity contribution is -0.111. The third-order valence-corrected chi connectivity index (χ3v) is 1.69. The molecule has 0 aromatic heterocycles. The number of ketones is 1. The van der Waals surface area contributed by atoms with Gasteiger partial charge < -0.3 is 0 Å². The fourth-order valence-corrected chi connectivity index (χ4v) is 1.04. The smallest absolute Gasteiger partial charge is 0.192 e. The molecule has 1 nitrogen and oxygen atoms in total. The molecule has 1 heteroatoms. The van der Waals surface area contributed by atoms with E-state index in [-0.39, 0.29) is 5.78 Å². The molecular weight excluding hydrogens is 184 g/mol. The van der Waals surface area contributed by atoms with Crippen molar-refractivity contribution >= 4 is 5.78 Å². The normalized spacial score (nSPS) is 12.6. The van der Waals surface area contributed by atoms with Crippen LogP contribution in [0.15, 0.2) is 73.4 Å². The van der Waals surface area contributed by atoms with Crippen molar-refractivity contribution in [1.82, 2.24) is 0 Å². The second kappa shape index (κ2) is 7.51. The van der Waals surface area contributed by atoms with E-state index in [0.29, 0.717) is 11.1 Å². The minimum atomic E-state index is -0.0806. The standard InChI is InChI=1S/C14H16O/c1-5-9-12(8-4)14(15)13(10-6-2)11-7-3/h5-11H,1-2,4H2,3H3/b11-7-,12-9?,13-10?. The van der Waals surface area contributed by atoms with E-state index < -0.39 is 0 Å². The van der Waals surface area contributed by atoms with Crippen LogP contribution in [0.25, 0.3) is 0 Å². The molecule has 0 aromatic carbocycles. The van der Waals surface area contributed by atoms with Crippen molar-refractivity contribution in [2.75, 3.05) is 0 Å². The number of rotatable bonds is 6. The van der Waals surface area contributed by atoms with Crippen molar-refractivity contribution in [2.45, 2.75) is 6.92 Å². The van der Waals surface area contributed by atoms with Gasteiger partial charge in [0.2, 0.25) is 0 Å². The summed E-state index contributed by atoms with van der Waals surface area (Å²) in [5.74, 6) is -0.0806. The molecule has 78 valence electrons. The second-order valence-corrected chi connectivity index (χ2v) is 2.75. The van der Waals surface area contributed by atoms with E-state index in [0.717, 1.165) is 0 Å². The van der Waals surface area contributed by atoms with Crippen molar-refractivity contribution in [3.8, 4) is 0 Å². The molecule has 0 radical (unpaired) electrons. The summed E-state index contributed by atoms with van der Waals surface area (Å²) in [6.07, 6.45) is 11.5. The van der Waals surface area contributed by atoms with Crippen LogP contribution in [0.5, 0.6) is 0 Å².